The van der Waals surface area contributed by atoms with E-state index in [1.165, 1.54) is 16.7 Å². The Bertz CT molecular complexity index is 836. The van der Waals surface area contributed by atoms with Gasteiger partial charge in [-0.05, 0) is 75.2 Å². The van der Waals surface area contributed by atoms with Gasteiger partial charge in [0.25, 0.3) is 0 Å². The fraction of sp³-hybridized carbons (Fsp3) is 0.440. The van der Waals surface area contributed by atoms with Gasteiger partial charge in [0.05, 0.1) is 18.6 Å². The Morgan fingerprint density at radius 1 is 1.39 bits per heavy atom. The molecule has 0 amide bonds. The third-order valence-corrected chi connectivity index (χ3v) is 6.53. The molecule has 3 nitrogen and oxygen atoms in total. The van der Waals surface area contributed by atoms with Gasteiger partial charge in [-0.1, -0.05) is 38.6 Å². The fourth-order valence-electron chi connectivity index (χ4n) is 4.46. The van der Waals surface area contributed by atoms with E-state index < -0.39 is 0 Å². The molecular formula is C25H34N2O. The first-order chi connectivity index (χ1) is 13.3. The molecule has 28 heavy (non-hydrogen) atoms. The highest BCUT2D eigenvalue weighted by molar-refractivity contribution is 5.51. The lowest BCUT2D eigenvalue weighted by Gasteiger charge is -2.50. The van der Waals surface area contributed by atoms with Gasteiger partial charge in [-0.2, -0.15) is 0 Å². The van der Waals surface area contributed by atoms with E-state index in [4.69, 9.17) is 4.42 Å². The lowest BCUT2D eigenvalue weighted by Crippen LogP contribution is -2.61. The molecule has 1 aromatic carbocycles. The Labute approximate surface area is 170 Å². The Balaban J connectivity index is 1.91. The summed E-state index contributed by atoms with van der Waals surface area (Å²) < 4.78 is 5.15. The van der Waals surface area contributed by atoms with Crippen molar-refractivity contribution in [3.05, 3.63) is 77.4 Å². The summed E-state index contributed by atoms with van der Waals surface area (Å²) in [5.41, 5.74) is 6.28. The molecule has 2 aromatic rings. The molecule has 1 N–H and O–H groups in total. The van der Waals surface area contributed by atoms with E-state index in [1.807, 2.05) is 18.2 Å². The Kier molecular flexibility index (Phi) is 6.14. The van der Waals surface area contributed by atoms with Crippen LogP contribution >= 0.6 is 0 Å². The van der Waals surface area contributed by atoms with E-state index in [0.717, 1.165) is 30.6 Å². The van der Waals surface area contributed by atoms with Crippen molar-refractivity contribution in [2.45, 2.75) is 58.0 Å². The first-order valence-corrected chi connectivity index (χ1v) is 10.3. The van der Waals surface area contributed by atoms with Gasteiger partial charge < -0.3 is 14.6 Å². The maximum atomic E-state index is 5.15. The van der Waals surface area contributed by atoms with Gasteiger partial charge in [-0.3, -0.25) is 0 Å². The number of nitrogens with one attached hydrogen (secondary N) is 1. The van der Waals surface area contributed by atoms with Crippen molar-refractivity contribution >= 4 is 6.08 Å². The molecule has 1 aliphatic rings. The summed E-state index contributed by atoms with van der Waals surface area (Å²) in [6, 6.07) is 9.60. The zero-order valence-electron chi connectivity index (χ0n) is 18.0. The van der Waals surface area contributed by atoms with Crippen molar-refractivity contribution in [1.82, 2.24) is 10.2 Å². The molecule has 0 bridgehead atoms. The summed E-state index contributed by atoms with van der Waals surface area (Å²) in [4.78, 5) is 2.45. The summed E-state index contributed by atoms with van der Waals surface area (Å²) in [5, 5.41) is 3.76. The highest BCUT2D eigenvalue weighted by atomic mass is 16.3. The van der Waals surface area contributed by atoms with Gasteiger partial charge in [0.15, 0.2) is 0 Å². The zero-order chi connectivity index (χ0) is 20.3. The normalized spacial score (nSPS) is 25.9. The number of benzene rings is 1. The van der Waals surface area contributed by atoms with Gasteiger partial charge in [0, 0.05) is 22.7 Å². The Morgan fingerprint density at radius 2 is 2.18 bits per heavy atom. The number of hydrogen-bond acceptors (Lipinski definition) is 3. The van der Waals surface area contributed by atoms with Crippen LogP contribution in [0.4, 0.5) is 0 Å². The average molecular weight is 379 g/mol. The van der Waals surface area contributed by atoms with Gasteiger partial charge in [0.2, 0.25) is 0 Å². The predicted octanol–water partition coefficient (Wildman–Crippen LogP) is 5.32. The standard InChI is InChI=1S/C25H34N2O/c1-7-21-10-8-18(2)23(16-21)25(5)13-14-27(6)20(4)24(25)26-19(3)9-11-22-12-15-28-17-22/h8-12,15-17,20,24,26H,3,7,13-14H2,1-2,4-6H3/b11-9+/t20?,24-,25+/m0/s1. The first kappa shape index (κ1) is 20.5. The van der Waals surface area contributed by atoms with E-state index in [1.54, 1.807) is 12.5 Å². The molecule has 3 atom stereocenters. The summed E-state index contributed by atoms with van der Waals surface area (Å²) >= 11 is 0. The number of rotatable bonds is 6. The van der Waals surface area contributed by atoms with Crippen LogP contribution in [0.2, 0.25) is 0 Å². The highest BCUT2D eigenvalue weighted by Crippen LogP contribution is 2.40. The van der Waals surface area contributed by atoms with E-state index in [2.05, 4.69) is 69.7 Å². The molecule has 3 heteroatoms. The molecule has 0 aliphatic carbocycles. The number of allylic oxidation sites excluding steroid dienone is 1. The van der Waals surface area contributed by atoms with Crippen LogP contribution in [0, 0.1) is 6.92 Å². The molecule has 0 spiro atoms. The summed E-state index contributed by atoms with van der Waals surface area (Å²) in [6.07, 6.45) is 9.70. The molecule has 1 fully saturated rings. The van der Waals surface area contributed by atoms with Crippen molar-refractivity contribution in [3.8, 4) is 0 Å². The summed E-state index contributed by atoms with van der Waals surface area (Å²) in [5.74, 6) is 0. The molecule has 1 aromatic heterocycles. The fourth-order valence-corrected chi connectivity index (χ4v) is 4.46. The van der Waals surface area contributed by atoms with Gasteiger partial charge >= 0.3 is 0 Å². The van der Waals surface area contributed by atoms with Crippen LogP contribution < -0.4 is 5.32 Å². The number of furan rings is 1. The third-order valence-electron chi connectivity index (χ3n) is 6.53. The van der Waals surface area contributed by atoms with Crippen LogP contribution in [-0.4, -0.2) is 30.6 Å². The highest BCUT2D eigenvalue weighted by Gasteiger charge is 2.44. The van der Waals surface area contributed by atoms with Crippen LogP contribution in [-0.2, 0) is 11.8 Å². The second-order valence-corrected chi connectivity index (χ2v) is 8.43. The van der Waals surface area contributed by atoms with Gasteiger partial charge in [-0.25, -0.2) is 0 Å². The number of aryl methyl sites for hydroxylation is 2. The molecule has 0 saturated carbocycles. The smallest absolute Gasteiger partial charge is 0.0974 e. The van der Waals surface area contributed by atoms with E-state index in [9.17, 15) is 0 Å². The predicted molar refractivity (Wildman–Crippen MR) is 118 cm³/mol. The second kappa shape index (κ2) is 8.40. The minimum Gasteiger partial charge on any atom is -0.472 e. The number of hydrogen-bond donors (Lipinski definition) is 1. The van der Waals surface area contributed by atoms with Crippen LogP contribution in [0.1, 0.15) is 49.4 Å². The molecule has 3 rings (SSSR count). The largest absolute Gasteiger partial charge is 0.472 e. The van der Waals surface area contributed by atoms with E-state index in [0.29, 0.717) is 6.04 Å². The summed E-state index contributed by atoms with van der Waals surface area (Å²) in [7, 11) is 2.22. The number of likely N-dealkylation sites (N-methyl/N-ethyl adjacent to an activating group) is 1. The van der Waals surface area contributed by atoms with Crippen molar-refractivity contribution in [3.63, 3.8) is 0 Å². The van der Waals surface area contributed by atoms with Crippen molar-refractivity contribution in [2.75, 3.05) is 13.6 Å². The second-order valence-electron chi connectivity index (χ2n) is 8.43. The van der Waals surface area contributed by atoms with Crippen LogP contribution in [0.3, 0.4) is 0 Å². The van der Waals surface area contributed by atoms with E-state index in [-0.39, 0.29) is 11.5 Å². The van der Waals surface area contributed by atoms with Gasteiger partial charge in [-0.15, -0.1) is 0 Å². The maximum Gasteiger partial charge on any atom is 0.0974 e. The number of nitrogens with zero attached hydrogens (tertiary/aromatic N) is 1. The molecule has 150 valence electrons. The van der Waals surface area contributed by atoms with Crippen molar-refractivity contribution < 1.29 is 4.42 Å². The SMILES string of the molecule is C=C(/C=C/c1ccoc1)N[C@H]1C(C)N(C)CC[C@]1(C)c1cc(CC)ccc1C. The quantitative estimate of drug-likeness (QED) is 0.690. The van der Waals surface area contributed by atoms with Crippen molar-refractivity contribution in [1.29, 1.82) is 0 Å². The van der Waals surface area contributed by atoms with Gasteiger partial charge in [0.1, 0.15) is 0 Å². The Hall–Kier alpha value is -2.26. The van der Waals surface area contributed by atoms with Crippen LogP contribution in [0.25, 0.3) is 6.08 Å². The maximum absolute atomic E-state index is 5.15. The molecular weight excluding hydrogens is 344 g/mol. The molecule has 0 radical (unpaired) electrons. The topological polar surface area (TPSA) is 28.4 Å². The minimum atomic E-state index is 0.0492. The minimum absolute atomic E-state index is 0.0492. The Morgan fingerprint density at radius 3 is 2.86 bits per heavy atom. The van der Waals surface area contributed by atoms with Crippen LogP contribution in [0.5, 0.6) is 0 Å². The van der Waals surface area contributed by atoms with Crippen molar-refractivity contribution in [2.24, 2.45) is 0 Å². The van der Waals surface area contributed by atoms with Crippen LogP contribution in [0.15, 0.2) is 59.6 Å². The molecule has 1 aliphatic heterocycles. The lowest BCUT2D eigenvalue weighted by atomic mass is 9.67. The zero-order valence-corrected chi connectivity index (χ0v) is 18.0. The van der Waals surface area contributed by atoms with E-state index >= 15 is 0 Å². The molecule has 1 unspecified atom stereocenters. The average Bonchev–Trinajstić information content (AvgIpc) is 3.21. The number of piperidine rings is 1. The first-order valence-electron chi connectivity index (χ1n) is 10.3. The monoisotopic (exact) mass is 378 g/mol. The third kappa shape index (κ3) is 4.10. The summed E-state index contributed by atoms with van der Waals surface area (Å²) in [6.45, 7) is 14.6. The molecule has 2 heterocycles. The molecule has 1 saturated heterocycles. The lowest BCUT2D eigenvalue weighted by molar-refractivity contribution is 0.0949. The number of likely N-dealkylation sites (tertiary alicyclic amines) is 1.